The largest absolute Gasteiger partial charge is 0.459 e. The van der Waals surface area contributed by atoms with E-state index in [4.69, 9.17) is 4.74 Å². The van der Waals surface area contributed by atoms with Gasteiger partial charge in [-0.3, -0.25) is 10.1 Å². The lowest BCUT2D eigenvalue weighted by molar-refractivity contribution is -0.384. The van der Waals surface area contributed by atoms with Crippen molar-refractivity contribution in [1.82, 2.24) is 0 Å². The number of nitro benzene ring substituents is 1. The van der Waals surface area contributed by atoms with Crippen LogP contribution in [-0.4, -0.2) is 17.0 Å². The minimum Gasteiger partial charge on any atom is -0.459 e. The molecule has 0 radical (unpaired) electrons. The highest BCUT2D eigenvalue weighted by molar-refractivity contribution is 5.90. The summed E-state index contributed by atoms with van der Waals surface area (Å²) in [6.45, 7) is 6.73. The first kappa shape index (κ1) is 16.5. The molecule has 0 bridgehead atoms. The number of carbonyl (C=O) groups is 1. The van der Waals surface area contributed by atoms with Gasteiger partial charge in [-0.2, -0.15) is 0 Å². The molecular weight excluding hydrogens is 282 g/mol. The molecule has 0 atom stereocenters. The minimum absolute atomic E-state index is 0.0784. The molecule has 1 aliphatic rings. The van der Waals surface area contributed by atoms with Crippen LogP contribution in [0.4, 0.5) is 5.69 Å². The van der Waals surface area contributed by atoms with Crippen molar-refractivity contribution in [3.05, 3.63) is 39.9 Å². The molecule has 0 amide bonds. The fraction of sp³-hybridized carbons (Fsp3) is 0.588. The normalized spacial score (nSPS) is 22.1. The van der Waals surface area contributed by atoms with Crippen molar-refractivity contribution < 1.29 is 14.5 Å². The van der Waals surface area contributed by atoms with Gasteiger partial charge in [0, 0.05) is 12.1 Å². The fourth-order valence-electron chi connectivity index (χ4n) is 3.01. The SMILES string of the molecule is CC(C)(C)C1CCC(OC(=O)c2cccc([N+](=O)[O-])c2)CC1. The maximum Gasteiger partial charge on any atom is 0.338 e. The molecule has 0 aliphatic heterocycles. The lowest BCUT2D eigenvalue weighted by atomic mass is 9.72. The average molecular weight is 305 g/mol. The predicted octanol–water partition coefficient (Wildman–Crippen LogP) is 4.36. The van der Waals surface area contributed by atoms with E-state index in [2.05, 4.69) is 20.8 Å². The van der Waals surface area contributed by atoms with Crippen molar-refractivity contribution >= 4 is 11.7 Å². The Morgan fingerprint density at radius 3 is 2.41 bits per heavy atom. The first-order valence-corrected chi connectivity index (χ1v) is 7.73. The van der Waals surface area contributed by atoms with Crippen LogP contribution in [-0.2, 0) is 4.74 Å². The second kappa shape index (κ2) is 6.46. The number of nitro groups is 1. The summed E-state index contributed by atoms with van der Waals surface area (Å²) >= 11 is 0. The number of non-ortho nitro benzene ring substituents is 1. The molecular formula is C17H23NO4. The fourth-order valence-corrected chi connectivity index (χ4v) is 3.01. The first-order chi connectivity index (χ1) is 10.3. The van der Waals surface area contributed by atoms with Crippen molar-refractivity contribution in [2.45, 2.75) is 52.6 Å². The van der Waals surface area contributed by atoms with Crippen LogP contribution in [0.15, 0.2) is 24.3 Å². The zero-order valence-corrected chi connectivity index (χ0v) is 13.4. The lowest BCUT2D eigenvalue weighted by Crippen LogP contribution is -2.30. The van der Waals surface area contributed by atoms with Gasteiger partial charge in [0.1, 0.15) is 6.10 Å². The summed E-state index contributed by atoms with van der Waals surface area (Å²) in [6.07, 6.45) is 3.75. The number of benzene rings is 1. The van der Waals surface area contributed by atoms with Gasteiger partial charge in [-0.15, -0.1) is 0 Å². The first-order valence-electron chi connectivity index (χ1n) is 7.73. The molecule has 5 nitrogen and oxygen atoms in total. The number of hydrogen-bond acceptors (Lipinski definition) is 4. The molecule has 0 heterocycles. The monoisotopic (exact) mass is 305 g/mol. The third kappa shape index (κ3) is 4.06. The highest BCUT2D eigenvalue weighted by Crippen LogP contribution is 2.38. The Morgan fingerprint density at radius 2 is 1.86 bits per heavy atom. The number of nitrogens with zero attached hydrogens (tertiary/aromatic N) is 1. The van der Waals surface area contributed by atoms with Gasteiger partial charge in [-0.1, -0.05) is 26.8 Å². The number of esters is 1. The Kier molecular flexibility index (Phi) is 4.84. The summed E-state index contributed by atoms with van der Waals surface area (Å²) in [7, 11) is 0. The van der Waals surface area contributed by atoms with Gasteiger partial charge in [0.05, 0.1) is 10.5 Å². The van der Waals surface area contributed by atoms with Crippen LogP contribution in [0.2, 0.25) is 0 Å². The van der Waals surface area contributed by atoms with E-state index in [0.717, 1.165) is 25.7 Å². The number of rotatable bonds is 3. The van der Waals surface area contributed by atoms with Crippen molar-refractivity contribution in [1.29, 1.82) is 0 Å². The van der Waals surface area contributed by atoms with E-state index in [1.54, 1.807) is 6.07 Å². The van der Waals surface area contributed by atoms with E-state index in [-0.39, 0.29) is 22.8 Å². The molecule has 2 rings (SSSR count). The van der Waals surface area contributed by atoms with E-state index >= 15 is 0 Å². The number of ether oxygens (including phenoxy) is 1. The molecule has 0 unspecified atom stereocenters. The molecule has 120 valence electrons. The topological polar surface area (TPSA) is 69.4 Å². The predicted molar refractivity (Wildman–Crippen MR) is 83.7 cm³/mol. The summed E-state index contributed by atoms with van der Waals surface area (Å²) in [6, 6.07) is 5.69. The molecule has 0 N–H and O–H groups in total. The Bertz CT molecular complexity index is 554. The van der Waals surface area contributed by atoms with Gasteiger partial charge in [-0.25, -0.2) is 4.79 Å². The summed E-state index contributed by atoms with van der Waals surface area (Å²) in [4.78, 5) is 22.4. The van der Waals surface area contributed by atoms with Gasteiger partial charge in [0.2, 0.25) is 0 Å². The van der Waals surface area contributed by atoms with Crippen LogP contribution in [0.25, 0.3) is 0 Å². The Balaban J connectivity index is 1.94. The van der Waals surface area contributed by atoms with Crippen LogP contribution in [0.1, 0.15) is 56.8 Å². The van der Waals surface area contributed by atoms with E-state index < -0.39 is 10.9 Å². The maximum absolute atomic E-state index is 12.1. The summed E-state index contributed by atoms with van der Waals surface area (Å²) in [5.74, 6) is 0.183. The zero-order valence-electron chi connectivity index (χ0n) is 13.4. The van der Waals surface area contributed by atoms with Gasteiger partial charge in [0.15, 0.2) is 0 Å². The number of carbonyl (C=O) groups excluding carboxylic acids is 1. The third-order valence-corrected chi connectivity index (χ3v) is 4.47. The van der Waals surface area contributed by atoms with Gasteiger partial charge >= 0.3 is 5.97 Å². The minimum atomic E-state index is -0.509. The molecule has 1 aromatic carbocycles. The Hall–Kier alpha value is -1.91. The van der Waals surface area contributed by atoms with Crippen molar-refractivity contribution in [3.8, 4) is 0 Å². The third-order valence-electron chi connectivity index (χ3n) is 4.47. The van der Waals surface area contributed by atoms with Gasteiger partial charge in [-0.05, 0) is 43.1 Å². The van der Waals surface area contributed by atoms with E-state index in [1.165, 1.54) is 18.2 Å². The van der Waals surface area contributed by atoms with Crippen LogP contribution in [0.5, 0.6) is 0 Å². The quantitative estimate of drug-likeness (QED) is 0.473. The Labute approximate surface area is 130 Å². The molecule has 0 aromatic heterocycles. The second-order valence-electron chi connectivity index (χ2n) is 7.05. The van der Waals surface area contributed by atoms with Crippen molar-refractivity contribution in [3.63, 3.8) is 0 Å². The van der Waals surface area contributed by atoms with Crippen molar-refractivity contribution in [2.75, 3.05) is 0 Å². The average Bonchev–Trinajstić information content (AvgIpc) is 2.47. The molecule has 1 saturated carbocycles. The van der Waals surface area contributed by atoms with Crippen LogP contribution in [0.3, 0.4) is 0 Å². The smallest absolute Gasteiger partial charge is 0.338 e. The molecule has 1 aromatic rings. The zero-order chi connectivity index (χ0) is 16.3. The highest BCUT2D eigenvalue weighted by atomic mass is 16.6. The van der Waals surface area contributed by atoms with Gasteiger partial charge < -0.3 is 4.74 Å². The van der Waals surface area contributed by atoms with Crippen LogP contribution >= 0.6 is 0 Å². The maximum atomic E-state index is 12.1. The lowest BCUT2D eigenvalue weighted by Gasteiger charge is -2.36. The molecule has 1 fully saturated rings. The van der Waals surface area contributed by atoms with Gasteiger partial charge in [0.25, 0.3) is 5.69 Å². The van der Waals surface area contributed by atoms with Crippen molar-refractivity contribution in [2.24, 2.45) is 11.3 Å². The highest BCUT2D eigenvalue weighted by Gasteiger charge is 2.31. The van der Waals surface area contributed by atoms with Crippen LogP contribution in [0, 0.1) is 21.4 Å². The number of hydrogen-bond donors (Lipinski definition) is 0. The summed E-state index contributed by atoms with van der Waals surface area (Å²) in [5.41, 5.74) is 0.438. The van der Waals surface area contributed by atoms with E-state index in [1.807, 2.05) is 0 Å². The van der Waals surface area contributed by atoms with Crippen LogP contribution < -0.4 is 0 Å². The molecule has 5 heteroatoms. The molecule has 0 saturated heterocycles. The summed E-state index contributed by atoms with van der Waals surface area (Å²) < 4.78 is 5.51. The van der Waals surface area contributed by atoms with E-state index in [9.17, 15) is 14.9 Å². The molecule has 0 spiro atoms. The standard InChI is InChI=1S/C17H23NO4/c1-17(2,3)13-7-9-15(10-8-13)22-16(19)12-5-4-6-14(11-12)18(20)21/h4-6,11,13,15H,7-10H2,1-3H3. The Morgan fingerprint density at radius 1 is 1.23 bits per heavy atom. The molecule has 1 aliphatic carbocycles. The second-order valence-corrected chi connectivity index (χ2v) is 7.05. The van der Waals surface area contributed by atoms with E-state index in [0.29, 0.717) is 5.92 Å². The molecule has 22 heavy (non-hydrogen) atoms. The summed E-state index contributed by atoms with van der Waals surface area (Å²) in [5, 5.41) is 10.7.